The first-order valence-electron chi connectivity index (χ1n) is 11.6. The zero-order valence-corrected chi connectivity index (χ0v) is 18.6. The van der Waals surface area contributed by atoms with Gasteiger partial charge in [-0.2, -0.15) is 0 Å². The van der Waals surface area contributed by atoms with E-state index in [-0.39, 0.29) is 0 Å². The van der Waals surface area contributed by atoms with Gasteiger partial charge in [0.25, 0.3) is 0 Å². The molecule has 1 aromatic carbocycles. The normalized spacial score (nSPS) is 23.1. The molecule has 2 atom stereocenters. The number of rotatable bonds is 6. The lowest BCUT2D eigenvalue weighted by molar-refractivity contribution is 0.278. The molecule has 2 nitrogen and oxygen atoms in total. The van der Waals surface area contributed by atoms with Crippen molar-refractivity contribution in [3.63, 3.8) is 0 Å². The van der Waals surface area contributed by atoms with Gasteiger partial charge in [-0.1, -0.05) is 70.4 Å². The Morgan fingerprint density at radius 3 is 2.04 bits per heavy atom. The third kappa shape index (κ3) is 7.99. The molecule has 2 aliphatic rings. The average molecular weight is 386 g/mol. The SMILES string of the molecule is C=C(O)CC1CCCC(c2ccc(C3CCCCC3)cc2)C1.CNCC(C)C. The van der Waals surface area contributed by atoms with Crippen molar-refractivity contribution in [3.05, 3.63) is 47.7 Å². The van der Waals surface area contributed by atoms with Crippen LogP contribution in [0.4, 0.5) is 0 Å². The second kappa shape index (κ2) is 12.3. The summed E-state index contributed by atoms with van der Waals surface area (Å²) in [5.41, 5.74) is 3.06. The maximum absolute atomic E-state index is 9.45. The van der Waals surface area contributed by atoms with E-state index in [1.54, 1.807) is 5.56 Å². The van der Waals surface area contributed by atoms with Crippen LogP contribution in [0.1, 0.15) is 101 Å². The minimum absolute atomic E-state index is 0.360. The predicted molar refractivity (Wildman–Crippen MR) is 122 cm³/mol. The van der Waals surface area contributed by atoms with Gasteiger partial charge in [-0.25, -0.2) is 0 Å². The van der Waals surface area contributed by atoms with Crippen LogP contribution in [-0.4, -0.2) is 18.7 Å². The monoisotopic (exact) mass is 385 g/mol. The van der Waals surface area contributed by atoms with Gasteiger partial charge in [0.1, 0.15) is 0 Å². The maximum Gasteiger partial charge on any atom is 0.0853 e. The summed E-state index contributed by atoms with van der Waals surface area (Å²) < 4.78 is 0. The van der Waals surface area contributed by atoms with Gasteiger partial charge < -0.3 is 10.4 Å². The molecule has 0 heterocycles. The van der Waals surface area contributed by atoms with Gasteiger partial charge in [-0.15, -0.1) is 0 Å². The third-order valence-corrected chi connectivity index (χ3v) is 6.40. The first-order valence-corrected chi connectivity index (χ1v) is 11.6. The van der Waals surface area contributed by atoms with Crippen molar-refractivity contribution in [3.8, 4) is 0 Å². The molecule has 0 aromatic heterocycles. The molecule has 2 N–H and O–H groups in total. The summed E-state index contributed by atoms with van der Waals surface area (Å²) in [7, 11) is 1.97. The van der Waals surface area contributed by atoms with E-state index in [2.05, 4.69) is 50.0 Å². The van der Waals surface area contributed by atoms with Gasteiger partial charge in [0.2, 0.25) is 0 Å². The summed E-state index contributed by atoms with van der Waals surface area (Å²) >= 11 is 0. The Morgan fingerprint density at radius 2 is 1.54 bits per heavy atom. The third-order valence-electron chi connectivity index (χ3n) is 6.40. The Kier molecular flexibility index (Phi) is 10.1. The topological polar surface area (TPSA) is 32.3 Å². The van der Waals surface area contributed by atoms with Crippen molar-refractivity contribution in [1.82, 2.24) is 5.32 Å². The van der Waals surface area contributed by atoms with E-state index in [1.807, 2.05) is 7.05 Å². The molecular weight excluding hydrogens is 342 g/mol. The second-order valence-electron chi connectivity index (χ2n) is 9.45. The Bertz CT molecular complexity index is 556. The van der Waals surface area contributed by atoms with E-state index < -0.39 is 0 Å². The van der Waals surface area contributed by atoms with Gasteiger partial charge in [-0.05, 0) is 80.5 Å². The fourth-order valence-electron chi connectivity index (χ4n) is 5.00. The summed E-state index contributed by atoms with van der Waals surface area (Å²) in [6.07, 6.45) is 12.8. The smallest absolute Gasteiger partial charge is 0.0853 e. The zero-order valence-electron chi connectivity index (χ0n) is 18.6. The Hall–Kier alpha value is -1.28. The van der Waals surface area contributed by atoms with Crippen molar-refractivity contribution >= 4 is 0 Å². The summed E-state index contributed by atoms with van der Waals surface area (Å²) in [6, 6.07) is 9.54. The van der Waals surface area contributed by atoms with E-state index in [0.717, 1.165) is 24.8 Å². The van der Waals surface area contributed by atoms with Crippen LogP contribution < -0.4 is 5.32 Å². The lowest BCUT2D eigenvalue weighted by Gasteiger charge is -2.29. The van der Waals surface area contributed by atoms with Crippen molar-refractivity contribution in [2.75, 3.05) is 13.6 Å². The number of nitrogens with one attached hydrogen (secondary N) is 1. The molecule has 2 heteroatoms. The van der Waals surface area contributed by atoms with E-state index in [0.29, 0.717) is 17.6 Å². The second-order valence-corrected chi connectivity index (χ2v) is 9.45. The Balaban J connectivity index is 0.000000409. The van der Waals surface area contributed by atoms with Crippen molar-refractivity contribution in [2.45, 2.75) is 89.9 Å². The fraction of sp³-hybridized carbons (Fsp3) is 0.692. The first-order chi connectivity index (χ1) is 13.5. The predicted octanol–water partition coefficient (Wildman–Crippen LogP) is 7.33. The Morgan fingerprint density at radius 1 is 0.964 bits per heavy atom. The van der Waals surface area contributed by atoms with Gasteiger partial charge in [-0.3, -0.25) is 0 Å². The summed E-state index contributed by atoms with van der Waals surface area (Å²) in [4.78, 5) is 0. The molecule has 0 saturated heterocycles. The minimum atomic E-state index is 0.360. The van der Waals surface area contributed by atoms with Crippen molar-refractivity contribution in [2.24, 2.45) is 11.8 Å². The number of aliphatic hydroxyl groups is 1. The van der Waals surface area contributed by atoms with Crippen LogP contribution in [0, 0.1) is 11.8 Å². The average Bonchev–Trinajstić information content (AvgIpc) is 2.69. The fourth-order valence-corrected chi connectivity index (χ4v) is 5.00. The molecule has 2 unspecified atom stereocenters. The molecule has 28 heavy (non-hydrogen) atoms. The van der Waals surface area contributed by atoms with Gasteiger partial charge >= 0.3 is 0 Å². The number of hydrogen-bond donors (Lipinski definition) is 2. The maximum atomic E-state index is 9.45. The first kappa shape index (κ1) is 23.0. The quantitative estimate of drug-likeness (QED) is 0.502. The lowest BCUT2D eigenvalue weighted by atomic mass is 9.76. The number of hydrogen-bond acceptors (Lipinski definition) is 2. The highest BCUT2D eigenvalue weighted by atomic mass is 16.3. The molecule has 2 fully saturated rings. The highest BCUT2D eigenvalue weighted by Gasteiger charge is 2.24. The van der Waals surface area contributed by atoms with Crippen LogP contribution in [0.25, 0.3) is 0 Å². The minimum Gasteiger partial charge on any atom is -0.513 e. The number of allylic oxidation sites excluding steroid dienone is 1. The van der Waals surface area contributed by atoms with E-state index in [1.165, 1.54) is 63.4 Å². The van der Waals surface area contributed by atoms with Gasteiger partial charge in [0.15, 0.2) is 0 Å². The van der Waals surface area contributed by atoms with E-state index >= 15 is 0 Å². The molecular formula is C26H43NO. The number of aliphatic hydroxyl groups excluding tert-OH is 1. The van der Waals surface area contributed by atoms with E-state index in [4.69, 9.17) is 0 Å². The highest BCUT2D eigenvalue weighted by molar-refractivity contribution is 5.28. The molecule has 3 rings (SSSR count). The van der Waals surface area contributed by atoms with Crippen LogP contribution in [0.5, 0.6) is 0 Å². The standard InChI is InChI=1S/C21H30O.C5H13N/c1-16(22)14-17-6-5-9-21(15-17)20-12-10-19(11-13-20)18-7-3-2-4-8-18;1-5(2)4-6-3/h10-13,17-18,21-22H,1-9,14-15H2;5-6H,4H2,1-3H3. The summed E-state index contributed by atoms with van der Waals surface area (Å²) in [5.74, 6) is 3.25. The van der Waals surface area contributed by atoms with Crippen LogP contribution in [0.3, 0.4) is 0 Å². The number of benzene rings is 1. The van der Waals surface area contributed by atoms with Crippen molar-refractivity contribution in [1.29, 1.82) is 0 Å². The van der Waals surface area contributed by atoms with Crippen LogP contribution >= 0.6 is 0 Å². The molecule has 2 saturated carbocycles. The summed E-state index contributed by atoms with van der Waals surface area (Å²) in [5, 5.41) is 12.5. The van der Waals surface area contributed by atoms with Gasteiger partial charge in [0.05, 0.1) is 5.76 Å². The van der Waals surface area contributed by atoms with Crippen LogP contribution in [0.2, 0.25) is 0 Å². The molecule has 0 bridgehead atoms. The molecule has 158 valence electrons. The molecule has 0 amide bonds. The molecule has 0 aliphatic heterocycles. The van der Waals surface area contributed by atoms with Crippen LogP contribution in [-0.2, 0) is 0 Å². The molecule has 1 aromatic rings. The largest absolute Gasteiger partial charge is 0.513 e. The zero-order chi connectivity index (χ0) is 20.4. The lowest BCUT2D eigenvalue weighted by Crippen LogP contribution is -2.15. The summed E-state index contributed by atoms with van der Waals surface area (Å²) in [6.45, 7) is 9.17. The molecule has 2 aliphatic carbocycles. The van der Waals surface area contributed by atoms with Crippen molar-refractivity contribution < 1.29 is 5.11 Å². The van der Waals surface area contributed by atoms with Gasteiger partial charge in [0, 0.05) is 6.42 Å². The highest BCUT2D eigenvalue weighted by Crippen LogP contribution is 2.39. The molecule has 0 radical (unpaired) electrons. The Labute approximate surface area is 173 Å². The van der Waals surface area contributed by atoms with E-state index in [9.17, 15) is 5.11 Å². The molecule has 0 spiro atoms. The van der Waals surface area contributed by atoms with Crippen LogP contribution in [0.15, 0.2) is 36.6 Å².